The van der Waals surface area contributed by atoms with E-state index in [1.54, 1.807) is 25.1 Å². The molecule has 0 spiro atoms. The van der Waals surface area contributed by atoms with Crippen LogP contribution in [0.2, 0.25) is 0 Å². The van der Waals surface area contributed by atoms with Crippen molar-refractivity contribution in [1.29, 1.82) is 0 Å². The Balaban J connectivity index is 1.55. The van der Waals surface area contributed by atoms with Crippen molar-refractivity contribution in [2.45, 2.75) is 26.0 Å². The Labute approximate surface area is 146 Å². The highest BCUT2D eigenvalue weighted by Crippen LogP contribution is 2.31. The number of nitrogens with one attached hydrogen (secondary N) is 2. The first kappa shape index (κ1) is 16.8. The second-order valence-electron chi connectivity index (χ2n) is 6.00. The summed E-state index contributed by atoms with van der Waals surface area (Å²) >= 11 is 0. The second kappa shape index (κ2) is 7.25. The number of rotatable bonds is 3. The molecular weight excluding hydrogens is 320 g/mol. The number of carbonyl (C=O) groups is 2. The van der Waals surface area contributed by atoms with Gasteiger partial charge in [-0.15, -0.1) is 0 Å². The molecule has 0 saturated carbocycles. The minimum Gasteiger partial charge on any atom is -0.486 e. The minimum atomic E-state index is -0.715. The van der Waals surface area contributed by atoms with E-state index in [0.717, 1.165) is 5.56 Å². The van der Waals surface area contributed by atoms with Gasteiger partial charge >= 0.3 is 11.8 Å². The largest absolute Gasteiger partial charge is 0.486 e. The van der Waals surface area contributed by atoms with Crippen LogP contribution in [0.4, 0.5) is 5.69 Å². The van der Waals surface area contributed by atoms with E-state index in [1.807, 2.05) is 37.3 Å². The van der Waals surface area contributed by atoms with Crippen molar-refractivity contribution < 1.29 is 19.1 Å². The van der Waals surface area contributed by atoms with E-state index in [0.29, 0.717) is 23.8 Å². The van der Waals surface area contributed by atoms with Crippen molar-refractivity contribution in [2.75, 3.05) is 11.9 Å². The van der Waals surface area contributed by atoms with Crippen LogP contribution in [0.25, 0.3) is 0 Å². The molecule has 2 aromatic rings. The molecule has 2 aromatic carbocycles. The SMILES string of the molecule is Cc1ccc(NC(=O)C(=O)N[C@@H](C)[C@H]2COc3ccccc3O2)cc1. The maximum atomic E-state index is 12.1. The van der Waals surface area contributed by atoms with Gasteiger partial charge in [0.25, 0.3) is 0 Å². The molecular formula is C19H20N2O4. The predicted molar refractivity (Wildman–Crippen MR) is 93.8 cm³/mol. The van der Waals surface area contributed by atoms with Crippen molar-refractivity contribution in [3.8, 4) is 11.5 Å². The van der Waals surface area contributed by atoms with Gasteiger partial charge in [-0.1, -0.05) is 29.8 Å². The molecule has 0 aromatic heterocycles. The zero-order chi connectivity index (χ0) is 17.8. The number of fused-ring (bicyclic) bond motifs is 1. The van der Waals surface area contributed by atoms with Crippen LogP contribution in [0.1, 0.15) is 12.5 Å². The second-order valence-corrected chi connectivity index (χ2v) is 6.00. The molecule has 6 heteroatoms. The van der Waals surface area contributed by atoms with Crippen LogP contribution in [0.5, 0.6) is 11.5 Å². The van der Waals surface area contributed by atoms with Gasteiger partial charge in [-0.25, -0.2) is 0 Å². The highest BCUT2D eigenvalue weighted by molar-refractivity contribution is 6.39. The Bertz CT molecular complexity index is 773. The highest BCUT2D eigenvalue weighted by atomic mass is 16.6. The molecule has 0 bridgehead atoms. The van der Waals surface area contributed by atoms with Gasteiger partial charge in [-0.2, -0.15) is 0 Å². The standard InChI is InChI=1S/C19H20N2O4/c1-12-7-9-14(10-8-12)21-19(23)18(22)20-13(2)17-11-24-15-5-3-4-6-16(15)25-17/h3-10,13,17H,11H2,1-2H3,(H,20,22)(H,21,23)/t13-,17+/m0/s1. The monoisotopic (exact) mass is 340 g/mol. The topological polar surface area (TPSA) is 76.7 Å². The van der Waals surface area contributed by atoms with E-state index in [2.05, 4.69) is 10.6 Å². The first-order chi connectivity index (χ1) is 12.0. The summed E-state index contributed by atoms with van der Waals surface area (Å²) in [5, 5.41) is 5.23. The highest BCUT2D eigenvalue weighted by Gasteiger charge is 2.28. The number of benzene rings is 2. The number of para-hydroxylation sites is 2. The molecule has 0 radical (unpaired) electrons. The van der Waals surface area contributed by atoms with Crippen molar-refractivity contribution in [3.05, 3.63) is 54.1 Å². The van der Waals surface area contributed by atoms with Crippen molar-refractivity contribution in [3.63, 3.8) is 0 Å². The summed E-state index contributed by atoms with van der Waals surface area (Å²) in [6, 6.07) is 14.2. The van der Waals surface area contributed by atoms with Crippen LogP contribution in [0.3, 0.4) is 0 Å². The molecule has 0 unspecified atom stereocenters. The zero-order valence-corrected chi connectivity index (χ0v) is 14.1. The minimum absolute atomic E-state index is 0.304. The van der Waals surface area contributed by atoms with Gasteiger partial charge in [0.05, 0.1) is 6.04 Å². The van der Waals surface area contributed by atoms with Crippen molar-refractivity contribution in [1.82, 2.24) is 5.32 Å². The number of aryl methyl sites for hydroxylation is 1. The number of anilines is 1. The van der Waals surface area contributed by atoms with Crippen LogP contribution >= 0.6 is 0 Å². The van der Waals surface area contributed by atoms with E-state index in [-0.39, 0.29) is 12.1 Å². The van der Waals surface area contributed by atoms with E-state index in [4.69, 9.17) is 9.47 Å². The molecule has 0 fully saturated rings. The maximum absolute atomic E-state index is 12.1. The first-order valence-corrected chi connectivity index (χ1v) is 8.10. The van der Waals surface area contributed by atoms with Crippen LogP contribution in [-0.2, 0) is 9.59 Å². The lowest BCUT2D eigenvalue weighted by Crippen LogP contribution is -2.50. The summed E-state index contributed by atoms with van der Waals surface area (Å²) in [6.07, 6.45) is -0.369. The van der Waals surface area contributed by atoms with Gasteiger partial charge in [-0.3, -0.25) is 9.59 Å². The van der Waals surface area contributed by atoms with E-state index >= 15 is 0 Å². The number of ether oxygens (including phenoxy) is 2. The number of carbonyl (C=O) groups excluding carboxylic acids is 2. The number of hydrogen-bond acceptors (Lipinski definition) is 4. The summed E-state index contributed by atoms with van der Waals surface area (Å²) in [4.78, 5) is 24.1. The number of hydrogen-bond donors (Lipinski definition) is 2. The Morgan fingerprint density at radius 2 is 1.72 bits per heavy atom. The molecule has 3 rings (SSSR count). The van der Waals surface area contributed by atoms with Crippen LogP contribution in [0, 0.1) is 6.92 Å². The molecule has 6 nitrogen and oxygen atoms in total. The van der Waals surface area contributed by atoms with Crippen molar-refractivity contribution in [2.24, 2.45) is 0 Å². The summed E-state index contributed by atoms with van der Waals surface area (Å²) < 4.78 is 11.5. The average molecular weight is 340 g/mol. The normalized spacial score (nSPS) is 16.6. The fourth-order valence-corrected chi connectivity index (χ4v) is 2.47. The molecule has 2 amide bonds. The lowest BCUT2D eigenvalue weighted by Gasteiger charge is -2.30. The molecule has 1 aliphatic rings. The predicted octanol–water partition coefficient (Wildman–Crippen LogP) is 2.28. The molecule has 0 aliphatic carbocycles. The molecule has 2 N–H and O–H groups in total. The van der Waals surface area contributed by atoms with Gasteiger partial charge in [0.1, 0.15) is 6.61 Å². The summed E-state index contributed by atoms with van der Waals surface area (Å²) in [6.45, 7) is 4.03. The summed E-state index contributed by atoms with van der Waals surface area (Å²) in [5.74, 6) is -0.123. The summed E-state index contributed by atoms with van der Waals surface area (Å²) in [7, 11) is 0. The summed E-state index contributed by atoms with van der Waals surface area (Å²) in [5.41, 5.74) is 1.65. The van der Waals surface area contributed by atoms with Gasteiger partial charge in [-0.05, 0) is 38.1 Å². The molecule has 2 atom stereocenters. The fraction of sp³-hybridized carbons (Fsp3) is 0.263. The average Bonchev–Trinajstić information content (AvgIpc) is 2.63. The lowest BCUT2D eigenvalue weighted by molar-refractivity contribution is -0.137. The zero-order valence-electron chi connectivity index (χ0n) is 14.1. The molecule has 1 aliphatic heterocycles. The van der Waals surface area contributed by atoms with E-state index < -0.39 is 11.8 Å². The first-order valence-electron chi connectivity index (χ1n) is 8.10. The van der Waals surface area contributed by atoms with Crippen LogP contribution in [0.15, 0.2) is 48.5 Å². The van der Waals surface area contributed by atoms with Gasteiger partial charge < -0.3 is 20.1 Å². The van der Waals surface area contributed by atoms with Crippen LogP contribution in [-0.4, -0.2) is 30.6 Å². The van der Waals surface area contributed by atoms with E-state index in [1.165, 1.54) is 0 Å². The van der Waals surface area contributed by atoms with Gasteiger partial charge in [0.2, 0.25) is 0 Å². The quantitative estimate of drug-likeness (QED) is 0.841. The van der Waals surface area contributed by atoms with Gasteiger partial charge in [0, 0.05) is 5.69 Å². The number of amides is 2. The third kappa shape index (κ3) is 4.09. The fourth-order valence-electron chi connectivity index (χ4n) is 2.47. The Kier molecular flexibility index (Phi) is 4.88. The molecule has 25 heavy (non-hydrogen) atoms. The van der Waals surface area contributed by atoms with Crippen molar-refractivity contribution >= 4 is 17.5 Å². The third-order valence-corrected chi connectivity index (χ3v) is 3.96. The lowest BCUT2D eigenvalue weighted by atomic mass is 10.1. The molecule has 130 valence electrons. The Morgan fingerprint density at radius 3 is 2.44 bits per heavy atom. The van der Waals surface area contributed by atoms with Crippen LogP contribution < -0.4 is 20.1 Å². The maximum Gasteiger partial charge on any atom is 0.313 e. The Morgan fingerprint density at radius 1 is 1.04 bits per heavy atom. The van der Waals surface area contributed by atoms with E-state index in [9.17, 15) is 9.59 Å². The van der Waals surface area contributed by atoms with Gasteiger partial charge in [0.15, 0.2) is 17.6 Å². The Hall–Kier alpha value is -3.02. The molecule has 1 heterocycles. The smallest absolute Gasteiger partial charge is 0.313 e. The molecule has 0 saturated heterocycles. The third-order valence-electron chi connectivity index (χ3n) is 3.96.